The van der Waals surface area contributed by atoms with Crippen molar-refractivity contribution in [3.63, 3.8) is 0 Å². The number of ether oxygens (including phenoxy) is 1. The third kappa shape index (κ3) is 4.36. The lowest BCUT2D eigenvalue weighted by atomic mass is 10.0. The number of aryl methyl sites for hydroxylation is 1. The van der Waals surface area contributed by atoms with E-state index in [1.165, 1.54) is 17.0 Å². The second-order valence-electron chi connectivity index (χ2n) is 5.53. The zero-order chi connectivity index (χ0) is 14.4. The van der Waals surface area contributed by atoms with E-state index in [2.05, 4.69) is 50.6 Å². The quantitative estimate of drug-likeness (QED) is 0.781. The predicted molar refractivity (Wildman–Crippen MR) is 81.5 cm³/mol. The fourth-order valence-corrected chi connectivity index (χ4v) is 2.51. The van der Waals surface area contributed by atoms with Gasteiger partial charge in [-0.15, -0.1) is 0 Å². The predicted octanol–water partition coefficient (Wildman–Crippen LogP) is 3.28. The average Bonchev–Trinajstić information content (AvgIpc) is 2.63. The Bertz CT molecular complexity index is 382. The molecule has 0 aliphatic rings. The Kier molecular flexibility index (Phi) is 6.59. The third-order valence-corrected chi connectivity index (χ3v) is 3.86. The van der Waals surface area contributed by atoms with E-state index in [1.54, 1.807) is 0 Å². The summed E-state index contributed by atoms with van der Waals surface area (Å²) < 4.78 is 7.92. The molecule has 0 saturated carbocycles. The minimum Gasteiger partial charge on any atom is -0.380 e. The molecule has 3 nitrogen and oxygen atoms in total. The highest BCUT2D eigenvalue weighted by Crippen LogP contribution is 2.15. The molecule has 0 amide bonds. The minimum absolute atomic E-state index is 0.421. The van der Waals surface area contributed by atoms with Gasteiger partial charge in [-0.1, -0.05) is 13.8 Å². The van der Waals surface area contributed by atoms with Crippen molar-refractivity contribution in [3.05, 3.63) is 23.0 Å². The number of hydrogen-bond acceptors (Lipinski definition) is 2. The molecule has 0 spiro atoms. The van der Waals surface area contributed by atoms with Crippen molar-refractivity contribution in [2.45, 2.75) is 60.7 Å². The smallest absolute Gasteiger partial charge is 0.0622 e. The van der Waals surface area contributed by atoms with E-state index in [0.29, 0.717) is 12.0 Å². The second kappa shape index (κ2) is 7.71. The van der Waals surface area contributed by atoms with Crippen molar-refractivity contribution >= 4 is 0 Å². The Hall–Kier alpha value is -0.800. The zero-order valence-electron chi connectivity index (χ0n) is 13.4. The van der Waals surface area contributed by atoms with Gasteiger partial charge in [0.15, 0.2) is 0 Å². The fourth-order valence-electron chi connectivity index (χ4n) is 2.51. The number of nitrogens with zero attached hydrogens (tertiary/aromatic N) is 1. The van der Waals surface area contributed by atoms with Crippen LogP contribution in [0.5, 0.6) is 0 Å². The van der Waals surface area contributed by atoms with Crippen molar-refractivity contribution in [1.82, 2.24) is 9.88 Å². The molecule has 1 unspecified atom stereocenters. The van der Waals surface area contributed by atoms with Crippen molar-refractivity contribution in [3.8, 4) is 0 Å². The van der Waals surface area contributed by atoms with Crippen LogP contribution in [0.3, 0.4) is 0 Å². The molecule has 1 atom stereocenters. The molecule has 1 aromatic heterocycles. The first-order valence-electron chi connectivity index (χ1n) is 7.47. The molecule has 110 valence electrons. The van der Waals surface area contributed by atoms with Gasteiger partial charge in [0.1, 0.15) is 0 Å². The molecule has 19 heavy (non-hydrogen) atoms. The molecule has 3 heteroatoms. The van der Waals surface area contributed by atoms with Crippen LogP contribution in [0.2, 0.25) is 0 Å². The zero-order valence-corrected chi connectivity index (χ0v) is 13.4. The van der Waals surface area contributed by atoms with E-state index >= 15 is 0 Å². The van der Waals surface area contributed by atoms with Crippen molar-refractivity contribution < 1.29 is 4.74 Å². The molecule has 0 bridgehead atoms. The van der Waals surface area contributed by atoms with Gasteiger partial charge in [0.25, 0.3) is 0 Å². The van der Waals surface area contributed by atoms with Gasteiger partial charge < -0.3 is 14.6 Å². The van der Waals surface area contributed by atoms with Crippen molar-refractivity contribution in [2.24, 2.45) is 5.92 Å². The summed E-state index contributed by atoms with van der Waals surface area (Å²) in [5.74, 6) is 0.584. The van der Waals surface area contributed by atoms with Gasteiger partial charge in [-0.25, -0.2) is 0 Å². The van der Waals surface area contributed by atoms with E-state index < -0.39 is 0 Å². The molecule has 0 saturated heterocycles. The van der Waals surface area contributed by atoms with Crippen LogP contribution in [0.25, 0.3) is 0 Å². The summed E-state index contributed by atoms with van der Waals surface area (Å²) >= 11 is 0. The van der Waals surface area contributed by atoms with Gasteiger partial charge in [-0.05, 0) is 45.2 Å². The summed E-state index contributed by atoms with van der Waals surface area (Å²) in [6.07, 6.45) is 0. The highest BCUT2D eigenvalue weighted by atomic mass is 16.5. The Balaban J connectivity index is 2.63. The SMILES string of the molecule is CCOCC(NCc1cc(C)n(CC)c1C)C(C)C. The number of rotatable bonds is 8. The summed E-state index contributed by atoms with van der Waals surface area (Å²) in [5.41, 5.74) is 4.13. The van der Waals surface area contributed by atoms with Gasteiger partial charge in [-0.2, -0.15) is 0 Å². The molecule has 1 N–H and O–H groups in total. The first-order chi connectivity index (χ1) is 9.01. The van der Waals surface area contributed by atoms with E-state index in [4.69, 9.17) is 4.74 Å². The average molecular weight is 266 g/mol. The molecule has 1 heterocycles. The highest BCUT2D eigenvalue weighted by molar-refractivity contribution is 5.26. The Morgan fingerprint density at radius 1 is 1.26 bits per heavy atom. The van der Waals surface area contributed by atoms with Crippen LogP contribution in [0.4, 0.5) is 0 Å². The second-order valence-corrected chi connectivity index (χ2v) is 5.53. The highest BCUT2D eigenvalue weighted by Gasteiger charge is 2.14. The molecular weight excluding hydrogens is 236 g/mol. The standard InChI is InChI=1S/C16H30N2O/c1-7-18-13(5)9-15(14(18)6)10-17-16(12(3)4)11-19-8-2/h9,12,16-17H,7-8,10-11H2,1-6H3. The maximum absolute atomic E-state index is 5.56. The van der Waals surface area contributed by atoms with E-state index in [9.17, 15) is 0 Å². The molecular formula is C16H30N2O. The van der Waals surface area contributed by atoms with E-state index in [-0.39, 0.29) is 0 Å². The molecule has 0 aromatic carbocycles. The molecule has 0 aliphatic heterocycles. The molecule has 1 aromatic rings. The summed E-state index contributed by atoms with van der Waals surface area (Å²) in [5, 5.41) is 3.64. The monoisotopic (exact) mass is 266 g/mol. The number of hydrogen-bond donors (Lipinski definition) is 1. The Morgan fingerprint density at radius 2 is 1.95 bits per heavy atom. The first-order valence-corrected chi connectivity index (χ1v) is 7.47. The van der Waals surface area contributed by atoms with Gasteiger partial charge in [0.05, 0.1) is 6.61 Å². The van der Waals surface area contributed by atoms with Crippen LogP contribution >= 0.6 is 0 Å². The van der Waals surface area contributed by atoms with E-state index in [0.717, 1.165) is 26.3 Å². The normalized spacial score (nSPS) is 13.2. The molecule has 1 rings (SSSR count). The summed E-state index contributed by atoms with van der Waals surface area (Å²) in [6, 6.07) is 2.72. The third-order valence-electron chi connectivity index (χ3n) is 3.86. The van der Waals surface area contributed by atoms with Crippen molar-refractivity contribution in [2.75, 3.05) is 13.2 Å². The lowest BCUT2D eigenvalue weighted by Crippen LogP contribution is -2.37. The number of nitrogens with one attached hydrogen (secondary N) is 1. The Labute approximate surface area is 118 Å². The van der Waals surface area contributed by atoms with Crippen LogP contribution in [-0.4, -0.2) is 23.8 Å². The van der Waals surface area contributed by atoms with Crippen LogP contribution in [0.1, 0.15) is 44.6 Å². The summed E-state index contributed by atoms with van der Waals surface area (Å²) in [7, 11) is 0. The van der Waals surface area contributed by atoms with Crippen LogP contribution in [0.15, 0.2) is 6.07 Å². The maximum atomic E-state index is 5.56. The fraction of sp³-hybridized carbons (Fsp3) is 0.750. The summed E-state index contributed by atoms with van der Waals surface area (Å²) in [4.78, 5) is 0. The molecule has 0 fully saturated rings. The largest absolute Gasteiger partial charge is 0.380 e. The van der Waals surface area contributed by atoms with Gasteiger partial charge in [0.2, 0.25) is 0 Å². The van der Waals surface area contributed by atoms with Crippen LogP contribution < -0.4 is 5.32 Å². The Morgan fingerprint density at radius 3 is 2.42 bits per heavy atom. The number of aromatic nitrogens is 1. The lowest BCUT2D eigenvalue weighted by Gasteiger charge is -2.22. The van der Waals surface area contributed by atoms with E-state index in [1.807, 2.05) is 6.92 Å². The van der Waals surface area contributed by atoms with Crippen LogP contribution in [0, 0.1) is 19.8 Å². The maximum Gasteiger partial charge on any atom is 0.0622 e. The minimum atomic E-state index is 0.421. The van der Waals surface area contributed by atoms with Gasteiger partial charge in [-0.3, -0.25) is 0 Å². The van der Waals surface area contributed by atoms with Gasteiger partial charge in [0, 0.05) is 37.1 Å². The molecule has 0 aliphatic carbocycles. The molecule has 0 radical (unpaired) electrons. The van der Waals surface area contributed by atoms with Gasteiger partial charge >= 0.3 is 0 Å². The van der Waals surface area contributed by atoms with Crippen molar-refractivity contribution in [1.29, 1.82) is 0 Å². The topological polar surface area (TPSA) is 26.2 Å². The van der Waals surface area contributed by atoms with Crippen LogP contribution in [-0.2, 0) is 17.8 Å². The summed E-state index contributed by atoms with van der Waals surface area (Å²) in [6.45, 7) is 16.7. The lowest BCUT2D eigenvalue weighted by molar-refractivity contribution is 0.108. The first kappa shape index (κ1) is 16.3.